The highest BCUT2D eigenvalue weighted by molar-refractivity contribution is 7.91. The Morgan fingerprint density at radius 3 is 2.43 bits per heavy atom. The average molecular weight is 220 g/mol. The summed E-state index contributed by atoms with van der Waals surface area (Å²) in [5.41, 5.74) is 5.55. The highest BCUT2D eigenvalue weighted by Crippen LogP contribution is 2.27. The number of amides is 1. The zero-order valence-corrected chi connectivity index (χ0v) is 9.06. The van der Waals surface area contributed by atoms with Crippen LogP contribution in [0.2, 0.25) is 0 Å². The third-order valence-corrected chi connectivity index (χ3v) is 3.17. The summed E-state index contributed by atoms with van der Waals surface area (Å²) in [4.78, 5) is 11.1. The molecule has 0 radical (unpaired) electrons. The van der Waals surface area contributed by atoms with Crippen molar-refractivity contribution >= 4 is 15.7 Å². The first-order valence-electron chi connectivity index (χ1n) is 4.54. The first kappa shape index (κ1) is 11.5. The van der Waals surface area contributed by atoms with E-state index in [9.17, 15) is 13.2 Å². The summed E-state index contributed by atoms with van der Waals surface area (Å²) in [5.74, 6) is -0.924. The van der Waals surface area contributed by atoms with E-state index in [1.807, 2.05) is 0 Å². The molecule has 82 valence electrons. The molecule has 0 bridgehead atoms. The van der Waals surface area contributed by atoms with Gasteiger partial charge in [-0.15, -0.1) is 0 Å². The number of rotatable bonds is 4. The maximum atomic E-state index is 11.1. The zero-order chi connectivity index (χ0) is 10.8. The van der Waals surface area contributed by atoms with Gasteiger partial charge in [0.15, 0.2) is 9.84 Å². The minimum atomic E-state index is -3.23. The Balaban J connectivity index is 2.28. The molecule has 3 N–H and O–H groups in total. The SMILES string of the molecule is CS(=O)(=O)CC(=O)NCC1(N)CCC1. The molecule has 0 spiro atoms. The van der Waals surface area contributed by atoms with Gasteiger partial charge in [-0.1, -0.05) is 0 Å². The van der Waals surface area contributed by atoms with Gasteiger partial charge in [-0.05, 0) is 19.3 Å². The summed E-state index contributed by atoms with van der Waals surface area (Å²) in [6, 6.07) is 0. The first-order valence-corrected chi connectivity index (χ1v) is 6.60. The molecule has 0 atom stereocenters. The second-order valence-electron chi connectivity index (χ2n) is 4.06. The fourth-order valence-corrected chi connectivity index (χ4v) is 1.95. The van der Waals surface area contributed by atoms with Crippen LogP contribution in [0, 0.1) is 0 Å². The predicted molar refractivity (Wildman–Crippen MR) is 53.5 cm³/mol. The zero-order valence-electron chi connectivity index (χ0n) is 8.25. The quantitative estimate of drug-likeness (QED) is 0.638. The van der Waals surface area contributed by atoms with Crippen molar-refractivity contribution in [3.8, 4) is 0 Å². The van der Waals surface area contributed by atoms with Crippen molar-refractivity contribution in [1.82, 2.24) is 5.32 Å². The second-order valence-corrected chi connectivity index (χ2v) is 6.20. The lowest BCUT2D eigenvalue weighted by molar-refractivity contribution is -0.119. The molecular formula is C8H16N2O3S. The molecule has 1 aliphatic carbocycles. The van der Waals surface area contributed by atoms with Gasteiger partial charge in [0.1, 0.15) is 5.75 Å². The van der Waals surface area contributed by atoms with Gasteiger partial charge in [-0.2, -0.15) is 0 Å². The summed E-state index contributed by atoms with van der Waals surface area (Å²) < 4.78 is 21.5. The molecule has 1 rings (SSSR count). The van der Waals surface area contributed by atoms with Crippen molar-refractivity contribution in [2.45, 2.75) is 24.8 Å². The molecule has 1 fully saturated rings. The number of nitrogens with one attached hydrogen (secondary N) is 1. The van der Waals surface area contributed by atoms with Crippen molar-refractivity contribution in [3.63, 3.8) is 0 Å². The van der Waals surface area contributed by atoms with E-state index in [4.69, 9.17) is 5.73 Å². The predicted octanol–water partition coefficient (Wildman–Crippen LogP) is -0.971. The molecular weight excluding hydrogens is 204 g/mol. The highest BCUT2D eigenvalue weighted by Gasteiger charge is 2.32. The maximum absolute atomic E-state index is 11.1. The number of sulfone groups is 1. The minimum absolute atomic E-state index is 0.298. The van der Waals surface area contributed by atoms with E-state index < -0.39 is 21.5 Å². The van der Waals surface area contributed by atoms with Crippen LogP contribution in [-0.4, -0.2) is 38.4 Å². The number of carbonyl (C=O) groups is 1. The fraction of sp³-hybridized carbons (Fsp3) is 0.875. The smallest absolute Gasteiger partial charge is 0.235 e. The standard InChI is InChI=1S/C8H16N2O3S/c1-14(12,13)5-7(11)10-6-8(9)3-2-4-8/h2-6,9H2,1H3,(H,10,11). The van der Waals surface area contributed by atoms with Gasteiger partial charge in [0.2, 0.25) is 5.91 Å². The van der Waals surface area contributed by atoms with E-state index >= 15 is 0 Å². The van der Waals surface area contributed by atoms with Crippen LogP contribution in [0.1, 0.15) is 19.3 Å². The van der Waals surface area contributed by atoms with E-state index in [2.05, 4.69) is 5.32 Å². The summed E-state index contributed by atoms with van der Waals surface area (Å²) in [6.07, 6.45) is 3.91. The number of nitrogens with two attached hydrogens (primary N) is 1. The van der Waals surface area contributed by atoms with E-state index in [1.165, 1.54) is 0 Å². The van der Waals surface area contributed by atoms with Crippen LogP contribution in [0.3, 0.4) is 0 Å². The molecule has 1 saturated carbocycles. The van der Waals surface area contributed by atoms with Crippen molar-refractivity contribution < 1.29 is 13.2 Å². The molecule has 0 heterocycles. The Morgan fingerprint density at radius 2 is 2.07 bits per heavy atom. The first-order chi connectivity index (χ1) is 6.31. The van der Waals surface area contributed by atoms with E-state index in [0.717, 1.165) is 25.5 Å². The normalized spacial score (nSPS) is 19.9. The summed E-state index contributed by atoms with van der Waals surface area (Å²) >= 11 is 0. The Hall–Kier alpha value is -0.620. The van der Waals surface area contributed by atoms with Gasteiger partial charge < -0.3 is 11.1 Å². The van der Waals surface area contributed by atoms with Gasteiger partial charge in [-0.3, -0.25) is 4.79 Å². The Bertz CT molecular complexity index is 319. The molecule has 14 heavy (non-hydrogen) atoms. The summed E-state index contributed by atoms with van der Waals surface area (Å²) in [6.45, 7) is 0.376. The molecule has 0 unspecified atom stereocenters. The maximum Gasteiger partial charge on any atom is 0.235 e. The highest BCUT2D eigenvalue weighted by atomic mass is 32.2. The third-order valence-electron chi connectivity index (χ3n) is 2.38. The lowest BCUT2D eigenvalue weighted by atomic mass is 9.78. The van der Waals surface area contributed by atoms with Crippen LogP contribution in [0.15, 0.2) is 0 Å². The van der Waals surface area contributed by atoms with Crippen LogP contribution in [0.5, 0.6) is 0 Å². The molecule has 0 aliphatic heterocycles. The number of hydrogen-bond acceptors (Lipinski definition) is 4. The third kappa shape index (κ3) is 3.63. The van der Waals surface area contributed by atoms with Crippen molar-refractivity contribution in [2.75, 3.05) is 18.6 Å². The molecule has 0 aromatic carbocycles. The van der Waals surface area contributed by atoms with Gasteiger partial charge in [0.25, 0.3) is 0 Å². The monoisotopic (exact) mass is 220 g/mol. The molecule has 1 aliphatic rings. The van der Waals surface area contributed by atoms with Crippen LogP contribution in [0.25, 0.3) is 0 Å². The number of carbonyl (C=O) groups excluding carboxylic acids is 1. The second kappa shape index (κ2) is 3.86. The van der Waals surface area contributed by atoms with Gasteiger partial charge in [0, 0.05) is 18.3 Å². The largest absolute Gasteiger partial charge is 0.353 e. The Morgan fingerprint density at radius 1 is 1.50 bits per heavy atom. The lowest BCUT2D eigenvalue weighted by Gasteiger charge is -2.38. The minimum Gasteiger partial charge on any atom is -0.353 e. The molecule has 6 heteroatoms. The van der Waals surface area contributed by atoms with Crippen LogP contribution >= 0.6 is 0 Å². The average Bonchev–Trinajstić information content (AvgIpc) is 1.94. The van der Waals surface area contributed by atoms with Gasteiger partial charge in [-0.25, -0.2) is 8.42 Å². The lowest BCUT2D eigenvalue weighted by Crippen LogP contribution is -2.55. The van der Waals surface area contributed by atoms with E-state index in [-0.39, 0.29) is 5.54 Å². The van der Waals surface area contributed by atoms with Crippen LogP contribution in [0.4, 0.5) is 0 Å². The van der Waals surface area contributed by atoms with E-state index in [0.29, 0.717) is 6.54 Å². The van der Waals surface area contributed by atoms with Crippen molar-refractivity contribution in [1.29, 1.82) is 0 Å². The summed E-state index contributed by atoms with van der Waals surface area (Å²) in [5, 5.41) is 2.54. The molecule has 5 nitrogen and oxygen atoms in total. The molecule has 0 saturated heterocycles. The van der Waals surface area contributed by atoms with Gasteiger partial charge >= 0.3 is 0 Å². The molecule has 0 aromatic heterocycles. The molecule has 0 aromatic rings. The molecule has 1 amide bonds. The summed E-state index contributed by atoms with van der Waals surface area (Å²) in [7, 11) is -3.23. The Kier molecular flexibility index (Phi) is 3.16. The van der Waals surface area contributed by atoms with Crippen LogP contribution < -0.4 is 11.1 Å². The van der Waals surface area contributed by atoms with Crippen molar-refractivity contribution in [3.05, 3.63) is 0 Å². The Labute approximate surface area is 84.0 Å². The van der Waals surface area contributed by atoms with Gasteiger partial charge in [0.05, 0.1) is 0 Å². The topological polar surface area (TPSA) is 89.3 Å². The van der Waals surface area contributed by atoms with Crippen molar-refractivity contribution in [2.24, 2.45) is 5.73 Å². The number of hydrogen-bond donors (Lipinski definition) is 2. The van der Waals surface area contributed by atoms with E-state index in [1.54, 1.807) is 0 Å². The fourth-order valence-electron chi connectivity index (χ4n) is 1.37. The van der Waals surface area contributed by atoms with Crippen LogP contribution in [-0.2, 0) is 14.6 Å².